The van der Waals surface area contributed by atoms with Crippen LogP contribution in [0.25, 0.3) is 0 Å². The first-order chi connectivity index (χ1) is 11.3. The Hall–Kier alpha value is -2.83. The van der Waals surface area contributed by atoms with E-state index in [9.17, 15) is 14.4 Å². The third-order valence-corrected chi connectivity index (χ3v) is 3.58. The molecular formula is C17H20N2O5. The molecule has 0 unspecified atom stereocenters. The van der Waals surface area contributed by atoms with Crippen molar-refractivity contribution in [1.29, 1.82) is 0 Å². The Bertz CT molecular complexity index is 722. The molecule has 24 heavy (non-hydrogen) atoms. The maximum Gasteiger partial charge on any atom is 0.354 e. The van der Waals surface area contributed by atoms with Crippen molar-refractivity contribution in [2.75, 3.05) is 19.5 Å². The highest BCUT2D eigenvalue weighted by atomic mass is 16.5. The van der Waals surface area contributed by atoms with Crippen molar-refractivity contribution in [2.24, 2.45) is 0 Å². The number of amides is 1. The predicted octanol–water partition coefficient (Wildman–Crippen LogP) is 1.39. The quantitative estimate of drug-likeness (QED) is 0.639. The molecule has 2 rings (SSSR count). The highest BCUT2D eigenvalue weighted by Crippen LogP contribution is 2.26. The van der Waals surface area contributed by atoms with Crippen molar-refractivity contribution in [3.63, 3.8) is 0 Å². The van der Waals surface area contributed by atoms with Crippen LogP contribution in [0.3, 0.4) is 0 Å². The molecule has 0 radical (unpaired) electrons. The first-order valence-electron chi connectivity index (χ1n) is 7.36. The van der Waals surface area contributed by atoms with Crippen LogP contribution in [0.15, 0.2) is 30.0 Å². The standard InChI is InChI=1S/C17H20N2O5/c1-17(2)9-10-7-11(5-6-12(10)15(21)19-17)18-13(16(22)24-4)8-14(20)23-3/h5-8,18H,9H2,1-4H3,(H,19,21)/b13-8+. The summed E-state index contributed by atoms with van der Waals surface area (Å²) in [6.07, 6.45) is 1.67. The molecule has 0 spiro atoms. The third-order valence-electron chi connectivity index (χ3n) is 3.58. The molecule has 128 valence electrons. The van der Waals surface area contributed by atoms with Gasteiger partial charge in [0.25, 0.3) is 5.91 Å². The number of fused-ring (bicyclic) bond motifs is 1. The minimum Gasteiger partial charge on any atom is -0.466 e. The molecule has 1 amide bonds. The van der Waals surface area contributed by atoms with E-state index < -0.39 is 11.9 Å². The van der Waals surface area contributed by atoms with Crippen LogP contribution in [0, 0.1) is 0 Å². The highest BCUT2D eigenvalue weighted by Gasteiger charge is 2.29. The molecule has 1 aromatic rings. The number of hydrogen-bond donors (Lipinski definition) is 2. The van der Waals surface area contributed by atoms with Crippen molar-refractivity contribution in [3.05, 3.63) is 41.1 Å². The summed E-state index contributed by atoms with van der Waals surface area (Å²) < 4.78 is 9.18. The fourth-order valence-electron chi connectivity index (χ4n) is 2.52. The van der Waals surface area contributed by atoms with Gasteiger partial charge in [0.05, 0.1) is 20.3 Å². The third kappa shape index (κ3) is 3.92. The zero-order chi connectivity index (χ0) is 17.9. The first kappa shape index (κ1) is 17.5. The first-order valence-corrected chi connectivity index (χ1v) is 7.36. The molecule has 2 N–H and O–H groups in total. The van der Waals surface area contributed by atoms with Crippen LogP contribution in [0.1, 0.15) is 29.8 Å². The summed E-state index contributed by atoms with van der Waals surface area (Å²) in [6, 6.07) is 5.12. The number of benzene rings is 1. The number of methoxy groups -OCH3 is 2. The van der Waals surface area contributed by atoms with E-state index >= 15 is 0 Å². The van der Waals surface area contributed by atoms with Crippen LogP contribution in [0.5, 0.6) is 0 Å². The molecule has 1 aliphatic heterocycles. The van der Waals surface area contributed by atoms with Gasteiger partial charge in [-0.2, -0.15) is 0 Å². The summed E-state index contributed by atoms with van der Waals surface area (Å²) in [5, 5.41) is 5.77. The van der Waals surface area contributed by atoms with Gasteiger partial charge in [-0.3, -0.25) is 4.79 Å². The van der Waals surface area contributed by atoms with Crippen LogP contribution in [0.2, 0.25) is 0 Å². The second kappa shape index (κ2) is 6.74. The lowest BCUT2D eigenvalue weighted by molar-refractivity contribution is -0.138. The molecule has 7 heteroatoms. The number of ether oxygens (including phenoxy) is 2. The van der Waals surface area contributed by atoms with E-state index in [-0.39, 0.29) is 17.1 Å². The summed E-state index contributed by atoms with van der Waals surface area (Å²) in [4.78, 5) is 35.3. The Balaban J connectivity index is 2.33. The topological polar surface area (TPSA) is 93.7 Å². The predicted molar refractivity (Wildman–Crippen MR) is 87.4 cm³/mol. The van der Waals surface area contributed by atoms with E-state index in [2.05, 4.69) is 20.1 Å². The summed E-state index contributed by atoms with van der Waals surface area (Å²) in [5.41, 5.74) is 1.62. The van der Waals surface area contributed by atoms with Gasteiger partial charge >= 0.3 is 11.9 Å². The molecule has 1 aliphatic rings. The van der Waals surface area contributed by atoms with Gasteiger partial charge in [0.1, 0.15) is 5.70 Å². The fourth-order valence-corrected chi connectivity index (χ4v) is 2.52. The molecule has 1 heterocycles. The largest absolute Gasteiger partial charge is 0.466 e. The van der Waals surface area contributed by atoms with Crippen LogP contribution < -0.4 is 10.6 Å². The Morgan fingerprint density at radius 1 is 1.25 bits per heavy atom. The van der Waals surface area contributed by atoms with Crippen LogP contribution >= 0.6 is 0 Å². The van der Waals surface area contributed by atoms with E-state index in [0.717, 1.165) is 11.6 Å². The zero-order valence-electron chi connectivity index (χ0n) is 14.1. The number of carbonyl (C=O) groups excluding carboxylic acids is 3. The Morgan fingerprint density at radius 3 is 2.58 bits per heavy atom. The molecule has 0 fully saturated rings. The number of anilines is 1. The van der Waals surface area contributed by atoms with E-state index in [1.807, 2.05) is 13.8 Å². The van der Waals surface area contributed by atoms with Crippen molar-refractivity contribution in [1.82, 2.24) is 5.32 Å². The van der Waals surface area contributed by atoms with Gasteiger partial charge in [0.2, 0.25) is 0 Å². The summed E-state index contributed by atoms with van der Waals surface area (Å²) in [7, 11) is 2.43. The van der Waals surface area contributed by atoms with Crippen molar-refractivity contribution in [2.45, 2.75) is 25.8 Å². The fraction of sp³-hybridized carbons (Fsp3) is 0.353. The van der Waals surface area contributed by atoms with Crippen molar-refractivity contribution < 1.29 is 23.9 Å². The average Bonchev–Trinajstić information content (AvgIpc) is 2.51. The van der Waals surface area contributed by atoms with E-state index in [1.165, 1.54) is 14.2 Å². The molecule has 0 aromatic heterocycles. The summed E-state index contributed by atoms with van der Waals surface area (Å²) >= 11 is 0. The highest BCUT2D eigenvalue weighted by molar-refractivity contribution is 6.00. The van der Waals surface area contributed by atoms with Crippen LogP contribution in [-0.4, -0.2) is 37.6 Å². The van der Waals surface area contributed by atoms with Gasteiger partial charge in [-0.15, -0.1) is 0 Å². The van der Waals surface area contributed by atoms with E-state index in [1.54, 1.807) is 18.2 Å². The number of nitrogens with one attached hydrogen (secondary N) is 2. The van der Waals surface area contributed by atoms with Crippen LogP contribution in [-0.2, 0) is 25.5 Å². The molecule has 1 aromatic carbocycles. The second-order valence-electron chi connectivity index (χ2n) is 6.08. The molecule has 0 bridgehead atoms. The molecule has 7 nitrogen and oxygen atoms in total. The Morgan fingerprint density at radius 2 is 1.96 bits per heavy atom. The number of carbonyl (C=O) groups is 3. The molecule has 0 aliphatic carbocycles. The number of esters is 2. The minimum atomic E-state index is -0.698. The maximum absolute atomic E-state index is 12.1. The molecule has 0 saturated heterocycles. The molecule has 0 atom stereocenters. The molecule has 0 saturated carbocycles. The van der Waals surface area contributed by atoms with Gasteiger partial charge in [0.15, 0.2) is 0 Å². The SMILES string of the molecule is COC(=O)/C=C(/Nc1ccc2c(c1)CC(C)(C)NC2=O)C(=O)OC. The average molecular weight is 332 g/mol. The van der Waals surface area contributed by atoms with E-state index in [0.29, 0.717) is 17.7 Å². The van der Waals surface area contributed by atoms with Crippen molar-refractivity contribution >= 4 is 23.5 Å². The van der Waals surface area contributed by atoms with Gasteiger partial charge in [-0.1, -0.05) is 0 Å². The van der Waals surface area contributed by atoms with Gasteiger partial charge in [0, 0.05) is 16.8 Å². The monoisotopic (exact) mass is 332 g/mol. The lowest BCUT2D eigenvalue weighted by atomic mass is 9.87. The van der Waals surface area contributed by atoms with Gasteiger partial charge < -0.3 is 20.1 Å². The normalized spacial score (nSPS) is 15.8. The second-order valence-corrected chi connectivity index (χ2v) is 6.08. The maximum atomic E-state index is 12.1. The lowest BCUT2D eigenvalue weighted by Gasteiger charge is -2.32. The Kier molecular flexibility index (Phi) is 4.92. The minimum absolute atomic E-state index is 0.0520. The van der Waals surface area contributed by atoms with Gasteiger partial charge in [-0.05, 0) is 44.0 Å². The van der Waals surface area contributed by atoms with Crippen molar-refractivity contribution in [3.8, 4) is 0 Å². The number of hydrogen-bond acceptors (Lipinski definition) is 6. The molecular weight excluding hydrogens is 312 g/mol. The van der Waals surface area contributed by atoms with Crippen LogP contribution in [0.4, 0.5) is 5.69 Å². The smallest absolute Gasteiger partial charge is 0.354 e. The Labute approximate surface area is 140 Å². The van der Waals surface area contributed by atoms with Gasteiger partial charge in [-0.25, -0.2) is 9.59 Å². The zero-order valence-corrected chi connectivity index (χ0v) is 14.1. The lowest BCUT2D eigenvalue weighted by Crippen LogP contribution is -2.49. The summed E-state index contributed by atoms with van der Waals surface area (Å²) in [6.45, 7) is 3.87. The van der Waals surface area contributed by atoms with E-state index in [4.69, 9.17) is 0 Å². The number of rotatable bonds is 4. The summed E-state index contributed by atoms with van der Waals surface area (Å²) in [5.74, 6) is -1.51.